The Bertz CT molecular complexity index is 1220. The van der Waals surface area contributed by atoms with E-state index in [2.05, 4.69) is 15.5 Å². The number of carbonyl (C=O) groups excluding carboxylic acids is 1. The normalized spacial score (nSPS) is 10.9. The lowest BCUT2D eigenvalue weighted by atomic mass is 10.1. The fourth-order valence-electron chi connectivity index (χ4n) is 3.27. The summed E-state index contributed by atoms with van der Waals surface area (Å²) >= 11 is 0. The second-order valence-corrected chi connectivity index (χ2v) is 6.78. The number of nitrogens with zero attached hydrogens (tertiary/aromatic N) is 2. The second-order valence-electron chi connectivity index (χ2n) is 6.78. The fraction of sp³-hybridized carbons (Fsp3) is 0.227. The maximum Gasteiger partial charge on any atom is 0.309 e. The van der Waals surface area contributed by atoms with Gasteiger partial charge in [-0.2, -0.15) is 0 Å². The zero-order valence-corrected chi connectivity index (χ0v) is 17.1. The molecule has 30 heavy (non-hydrogen) atoms. The van der Waals surface area contributed by atoms with Crippen molar-refractivity contribution in [2.24, 2.45) is 0 Å². The van der Waals surface area contributed by atoms with Crippen molar-refractivity contribution in [2.75, 3.05) is 14.2 Å². The molecular formula is C22H21N3O5. The van der Waals surface area contributed by atoms with Crippen molar-refractivity contribution < 1.29 is 23.1 Å². The number of hydrogen-bond acceptors (Lipinski definition) is 7. The van der Waals surface area contributed by atoms with Crippen LogP contribution in [0.1, 0.15) is 27.4 Å². The molecule has 2 aromatic carbocycles. The highest BCUT2D eigenvalue weighted by molar-refractivity contribution is 5.90. The number of nitrogens with one attached hydrogen (secondary N) is 1. The first kappa shape index (κ1) is 19.5. The molecule has 2 heterocycles. The van der Waals surface area contributed by atoms with Crippen molar-refractivity contribution in [3.8, 4) is 23.1 Å². The van der Waals surface area contributed by atoms with Crippen LogP contribution in [0.2, 0.25) is 0 Å². The zero-order chi connectivity index (χ0) is 21.3. The number of aromatic nitrogens is 2. The van der Waals surface area contributed by atoms with Crippen molar-refractivity contribution in [1.82, 2.24) is 15.5 Å². The Labute approximate surface area is 172 Å². The van der Waals surface area contributed by atoms with Gasteiger partial charge in [-0.3, -0.25) is 4.79 Å². The average molecular weight is 407 g/mol. The molecule has 2 aromatic heterocycles. The molecule has 0 aliphatic heterocycles. The molecule has 8 heteroatoms. The molecule has 4 aromatic rings. The van der Waals surface area contributed by atoms with E-state index >= 15 is 0 Å². The van der Waals surface area contributed by atoms with E-state index in [-0.39, 0.29) is 18.3 Å². The Kier molecular flexibility index (Phi) is 5.14. The highest BCUT2D eigenvalue weighted by Gasteiger charge is 2.22. The number of rotatable bonds is 6. The van der Waals surface area contributed by atoms with E-state index in [4.69, 9.17) is 18.3 Å². The SMILES string of the molecule is COc1ccc(OC)c(CNC(=O)c2nnc(-c3oc4c(C)cccc4c3C)o2)c1. The van der Waals surface area contributed by atoms with Crippen LogP contribution in [0.3, 0.4) is 0 Å². The van der Waals surface area contributed by atoms with Gasteiger partial charge in [-0.05, 0) is 37.6 Å². The minimum atomic E-state index is -0.497. The molecule has 8 nitrogen and oxygen atoms in total. The zero-order valence-electron chi connectivity index (χ0n) is 17.1. The Morgan fingerprint density at radius 3 is 2.63 bits per heavy atom. The predicted molar refractivity (Wildman–Crippen MR) is 110 cm³/mol. The minimum absolute atomic E-state index is 0.150. The molecule has 0 bridgehead atoms. The molecule has 0 aliphatic rings. The van der Waals surface area contributed by atoms with E-state index in [1.165, 1.54) is 0 Å². The van der Waals surface area contributed by atoms with Crippen LogP contribution in [0, 0.1) is 13.8 Å². The first-order valence-corrected chi connectivity index (χ1v) is 9.33. The number of aryl methyl sites for hydroxylation is 2. The summed E-state index contributed by atoms with van der Waals surface area (Å²) in [6.07, 6.45) is 0. The summed E-state index contributed by atoms with van der Waals surface area (Å²) in [5.41, 5.74) is 3.41. The van der Waals surface area contributed by atoms with Crippen LogP contribution in [0.25, 0.3) is 22.6 Å². The number of amides is 1. The molecular weight excluding hydrogens is 386 g/mol. The van der Waals surface area contributed by atoms with Gasteiger partial charge in [0, 0.05) is 23.1 Å². The summed E-state index contributed by atoms with van der Waals surface area (Å²) in [5.74, 6) is 1.27. The van der Waals surface area contributed by atoms with Gasteiger partial charge >= 0.3 is 11.8 Å². The summed E-state index contributed by atoms with van der Waals surface area (Å²) in [6.45, 7) is 4.09. The van der Waals surface area contributed by atoms with Crippen molar-refractivity contribution in [1.29, 1.82) is 0 Å². The molecule has 0 radical (unpaired) electrons. The number of carbonyl (C=O) groups is 1. The van der Waals surface area contributed by atoms with E-state index in [1.54, 1.807) is 32.4 Å². The molecule has 0 unspecified atom stereocenters. The van der Waals surface area contributed by atoms with Crippen LogP contribution >= 0.6 is 0 Å². The molecule has 0 spiro atoms. The Balaban J connectivity index is 1.54. The van der Waals surface area contributed by atoms with E-state index in [0.29, 0.717) is 17.3 Å². The van der Waals surface area contributed by atoms with Crippen LogP contribution in [-0.4, -0.2) is 30.3 Å². The Morgan fingerprint density at radius 1 is 1.07 bits per heavy atom. The first-order chi connectivity index (χ1) is 14.5. The summed E-state index contributed by atoms with van der Waals surface area (Å²) in [7, 11) is 3.14. The van der Waals surface area contributed by atoms with Gasteiger partial charge in [0.05, 0.1) is 14.2 Å². The number of hydrogen-bond donors (Lipinski definition) is 1. The van der Waals surface area contributed by atoms with E-state index in [9.17, 15) is 4.79 Å². The molecule has 0 atom stereocenters. The van der Waals surface area contributed by atoms with Gasteiger partial charge in [-0.25, -0.2) is 0 Å². The lowest BCUT2D eigenvalue weighted by molar-refractivity contribution is 0.0916. The molecule has 0 saturated heterocycles. The highest BCUT2D eigenvalue weighted by Crippen LogP contribution is 2.33. The molecule has 0 aliphatic carbocycles. The molecule has 4 rings (SSSR count). The fourth-order valence-corrected chi connectivity index (χ4v) is 3.27. The van der Waals surface area contributed by atoms with Gasteiger partial charge in [0.1, 0.15) is 17.1 Å². The summed E-state index contributed by atoms with van der Waals surface area (Å²) in [6, 6.07) is 11.2. The summed E-state index contributed by atoms with van der Waals surface area (Å²) < 4.78 is 22.1. The van der Waals surface area contributed by atoms with Gasteiger partial charge in [0.15, 0.2) is 5.76 Å². The van der Waals surface area contributed by atoms with Gasteiger partial charge < -0.3 is 23.6 Å². The van der Waals surface area contributed by atoms with Crippen LogP contribution in [-0.2, 0) is 6.54 Å². The maximum atomic E-state index is 12.5. The largest absolute Gasteiger partial charge is 0.497 e. The molecule has 1 N–H and O–H groups in total. The highest BCUT2D eigenvalue weighted by atomic mass is 16.5. The number of methoxy groups -OCH3 is 2. The number of furan rings is 1. The number of benzene rings is 2. The topological polar surface area (TPSA) is 99.6 Å². The lowest BCUT2D eigenvalue weighted by Crippen LogP contribution is -2.23. The van der Waals surface area contributed by atoms with Crippen LogP contribution in [0.15, 0.2) is 45.2 Å². The quantitative estimate of drug-likeness (QED) is 0.515. The van der Waals surface area contributed by atoms with Crippen LogP contribution < -0.4 is 14.8 Å². The number of para-hydroxylation sites is 1. The maximum absolute atomic E-state index is 12.5. The minimum Gasteiger partial charge on any atom is -0.497 e. The van der Waals surface area contributed by atoms with Crippen molar-refractivity contribution in [3.63, 3.8) is 0 Å². The van der Waals surface area contributed by atoms with Crippen molar-refractivity contribution in [2.45, 2.75) is 20.4 Å². The smallest absolute Gasteiger partial charge is 0.309 e. The van der Waals surface area contributed by atoms with E-state index < -0.39 is 5.91 Å². The van der Waals surface area contributed by atoms with Gasteiger partial charge in [0.2, 0.25) is 0 Å². The number of fused-ring (bicyclic) bond motifs is 1. The van der Waals surface area contributed by atoms with Gasteiger partial charge in [-0.15, -0.1) is 10.2 Å². The number of ether oxygens (including phenoxy) is 2. The average Bonchev–Trinajstić information content (AvgIpc) is 3.38. The molecule has 0 fully saturated rings. The third-order valence-corrected chi connectivity index (χ3v) is 4.90. The Morgan fingerprint density at radius 2 is 1.90 bits per heavy atom. The van der Waals surface area contributed by atoms with E-state index in [1.807, 2.05) is 32.0 Å². The Hall–Kier alpha value is -3.81. The molecule has 1 amide bonds. The first-order valence-electron chi connectivity index (χ1n) is 9.33. The third-order valence-electron chi connectivity index (χ3n) is 4.90. The monoisotopic (exact) mass is 407 g/mol. The van der Waals surface area contributed by atoms with Crippen molar-refractivity contribution in [3.05, 3.63) is 59.0 Å². The van der Waals surface area contributed by atoms with Crippen molar-refractivity contribution >= 4 is 16.9 Å². The lowest BCUT2D eigenvalue weighted by Gasteiger charge is -2.10. The predicted octanol–water partition coefficient (Wildman–Crippen LogP) is 4.05. The van der Waals surface area contributed by atoms with Crippen LogP contribution in [0.5, 0.6) is 11.5 Å². The third kappa shape index (κ3) is 3.47. The second kappa shape index (κ2) is 7.90. The van der Waals surface area contributed by atoms with Crippen LogP contribution in [0.4, 0.5) is 0 Å². The van der Waals surface area contributed by atoms with E-state index in [0.717, 1.165) is 27.7 Å². The molecule has 154 valence electrons. The van der Waals surface area contributed by atoms with Gasteiger partial charge in [0.25, 0.3) is 5.89 Å². The summed E-state index contributed by atoms with van der Waals surface area (Å²) in [4.78, 5) is 12.5. The van der Waals surface area contributed by atoms with Gasteiger partial charge in [-0.1, -0.05) is 18.2 Å². The summed E-state index contributed by atoms with van der Waals surface area (Å²) in [5, 5.41) is 11.6. The standard InChI is InChI=1S/C22H21N3O5/c1-12-6-5-7-16-13(2)19(29-18(12)16)21-24-25-22(30-21)20(26)23-11-14-10-15(27-3)8-9-17(14)28-4/h5-10H,11H2,1-4H3,(H,23,26). The molecule has 0 saturated carbocycles.